The van der Waals surface area contributed by atoms with Crippen LogP contribution in [0.4, 0.5) is 8.78 Å². The van der Waals surface area contributed by atoms with Gasteiger partial charge >= 0.3 is 0 Å². The van der Waals surface area contributed by atoms with E-state index in [1.54, 1.807) is 0 Å². The molecular weight excluding hydrogens is 250 g/mol. The maximum Gasteiger partial charge on any atom is 0.203 e. The Morgan fingerprint density at radius 3 is 2.65 bits per heavy atom. The van der Waals surface area contributed by atoms with Crippen LogP contribution in [0.5, 0.6) is 0 Å². The first-order valence-electron chi connectivity index (χ1n) is 4.78. The van der Waals surface area contributed by atoms with Crippen LogP contribution in [0.2, 0.25) is 5.22 Å². The van der Waals surface area contributed by atoms with Crippen LogP contribution in [0.25, 0.3) is 0 Å². The lowest BCUT2D eigenvalue weighted by Gasteiger charge is -2.01. The largest absolute Gasteiger partial charge is 0.452 e. The number of carbonyl (C=O) groups excluding carboxylic acids is 1. The van der Waals surface area contributed by atoms with Gasteiger partial charge in [-0.25, -0.2) is 8.78 Å². The van der Waals surface area contributed by atoms with Gasteiger partial charge in [0.05, 0.1) is 11.8 Å². The third-order valence-corrected chi connectivity index (χ3v) is 2.58. The van der Waals surface area contributed by atoms with Crippen LogP contribution in [0.3, 0.4) is 0 Å². The highest BCUT2D eigenvalue weighted by Gasteiger charge is 2.15. The number of benzene rings is 1. The summed E-state index contributed by atoms with van der Waals surface area (Å²) in [5.74, 6) is -1.81. The van der Waals surface area contributed by atoms with Crippen LogP contribution in [-0.4, -0.2) is 5.78 Å². The number of halogens is 3. The smallest absolute Gasteiger partial charge is 0.203 e. The second kappa shape index (κ2) is 4.67. The van der Waals surface area contributed by atoms with Crippen molar-refractivity contribution in [2.45, 2.75) is 6.42 Å². The van der Waals surface area contributed by atoms with E-state index in [9.17, 15) is 13.6 Å². The van der Waals surface area contributed by atoms with E-state index in [1.807, 2.05) is 0 Å². The van der Waals surface area contributed by atoms with Crippen molar-refractivity contribution in [2.75, 3.05) is 0 Å². The Bertz CT molecular complexity index is 563. The molecule has 0 N–H and O–H groups in total. The van der Waals surface area contributed by atoms with Crippen molar-refractivity contribution in [3.05, 3.63) is 58.5 Å². The topological polar surface area (TPSA) is 30.2 Å². The summed E-state index contributed by atoms with van der Waals surface area (Å²) in [6, 6.07) is 4.48. The number of hydrogen-bond donors (Lipinski definition) is 0. The zero-order valence-electron chi connectivity index (χ0n) is 8.54. The Labute approximate surface area is 101 Å². The van der Waals surface area contributed by atoms with Crippen LogP contribution in [-0.2, 0) is 6.42 Å². The zero-order valence-corrected chi connectivity index (χ0v) is 9.30. The molecule has 1 aromatic heterocycles. The molecule has 0 aliphatic carbocycles. The first kappa shape index (κ1) is 11.8. The van der Waals surface area contributed by atoms with Gasteiger partial charge in [-0.05, 0) is 29.3 Å². The molecule has 0 aliphatic heterocycles. The van der Waals surface area contributed by atoms with E-state index in [2.05, 4.69) is 0 Å². The molecule has 0 unspecified atom stereocenters. The van der Waals surface area contributed by atoms with Crippen molar-refractivity contribution in [3.63, 3.8) is 0 Å². The summed E-state index contributed by atoms with van der Waals surface area (Å²) < 4.78 is 30.7. The molecule has 2 nitrogen and oxygen atoms in total. The Morgan fingerprint density at radius 2 is 2.06 bits per heavy atom. The molecule has 0 atom stereocenters. The van der Waals surface area contributed by atoms with Crippen LogP contribution in [0, 0.1) is 11.6 Å². The summed E-state index contributed by atoms with van der Waals surface area (Å²) in [6.45, 7) is 0. The molecule has 0 aliphatic rings. The average Bonchev–Trinajstić information content (AvgIpc) is 2.68. The highest BCUT2D eigenvalue weighted by atomic mass is 35.5. The number of ketones is 1. The first-order valence-corrected chi connectivity index (χ1v) is 5.16. The minimum Gasteiger partial charge on any atom is -0.452 e. The molecule has 0 fully saturated rings. The third-order valence-electron chi connectivity index (χ3n) is 2.28. The van der Waals surface area contributed by atoms with E-state index in [-0.39, 0.29) is 28.6 Å². The van der Waals surface area contributed by atoms with Crippen LogP contribution in [0.1, 0.15) is 15.9 Å². The lowest BCUT2D eigenvalue weighted by atomic mass is 10.0. The van der Waals surface area contributed by atoms with Gasteiger partial charge in [0.2, 0.25) is 5.22 Å². The van der Waals surface area contributed by atoms with E-state index < -0.39 is 11.6 Å². The standard InChI is InChI=1S/C12H7ClF2O2/c13-12-9(3-4-17-12)11(16)5-7-1-2-8(14)6-10(7)15/h1-4,6H,5H2. The van der Waals surface area contributed by atoms with Crippen LogP contribution >= 0.6 is 11.6 Å². The average molecular weight is 257 g/mol. The molecule has 0 saturated carbocycles. The van der Waals surface area contributed by atoms with Gasteiger partial charge in [-0.3, -0.25) is 4.79 Å². The summed E-state index contributed by atoms with van der Waals surface area (Å²) in [5, 5.41) is -0.0301. The highest BCUT2D eigenvalue weighted by Crippen LogP contribution is 2.20. The van der Waals surface area contributed by atoms with E-state index >= 15 is 0 Å². The number of furan rings is 1. The monoisotopic (exact) mass is 256 g/mol. The Hall–Kier alpha value is -1.68. The Kier molecular flexibility index (Phi) is 3.24. The van der Waals surface area contributed by atoms with E-state index in [0.29, 0.717) is 0 Å². The first-order chi connectivity index (χ1) is 8.08. The van der Waals surface area contributed by atoms with E-state index in [4.69, 9.17) is 16.0 Å². The van der Waals surface area contributed by atoms with Gasteiger partial charge < -0.3 is 4.42 Å². The van der Waals surface area contributed by atoms with Gasteiger partial charge in [0.25, 0.3) is 0 Å². The normalized spacial score (nSPS) is 10.5. The Balaban J connectivity index is 2.22. The molecule has 0 bridgehead atoms. The molecule has 88 valence electrons. The Morgan fingerprint density at radius 1 is 1.29 bits per heavy atom. The second-order valence-corrected chi connectivity index (χ2v) is 3.79. The van der Waals surface area contributed by atoms with E-state index in [0.717, 1.165) is 12.1 Å². The lowest BCUT2D eigenvalue weighted by molar-refractivity contribution is 0.0991. The number of Topliss-reactive ketones (excluding diaryl/α,β-unsaturated/α-hetero) is 1. The van der Waals surface area contributed by atoms with Crippen LogP contribution < -0.4 is 0 Å². The molecule has 2 aromatic rings. The molecule has 5 heteroatoms. The molecule has 0 saturated heterocycles. The fraction of sp³-hybridized carbons (Fsp3) is 0.0833. The maximum atomic E-state index is 13.3. The molecule has 1 aromatic carbocycles. The van der Waals surface area contributed by atoms with Gasteiger partial charge in [0, 0.05) is 12.5 Å². The maximum absolute atomic E-state index is 13.3. The zero-order chi connectivity index (χ0) is 12.4. The van der Waals surface area contributed by atoms with Crippen molar-refractivity contribution in [3.8, 4) is 0 Å². The molecule has 0 radical (unpaired) electrons. The predicted octanol–water partition coefficient (Wildman–Crippen LogP) is 3.64. The minimum atomic E-state index is -0.752. The predicted molar refractivity (Wildman–Crippen MR) is 58.1 cm³/mol. The molecule has 0 spiro atoms. The third kappa shape index (κ3) is 2.53. The van der Waals surface area contributed by atoms with Crippen LogP contribution in [0.15, 0.2) is 34.9 Å². The summed E-state index contributed by atoms with van der Waals surface area (Å²) in [5.41, 5.74) is 0.309. The SMILES string of the molecule is O=C(Cc1ccc(F)cc1F)c1ccoc1Cl. The lowest BCUT2D eigenvalue weighted by Crippen LogP contribution is -2.04. The number of rotatable bonds is 3. The summed E-state index contributed by atoms with van der Waals surface area (Å²) in [7, 11) is 0. The van der Waals surface area contributed by atoms with Gasteiger partial charge in [0.15, 0.2) is 5.78 Å². The van der Waals surface area contributed by atoms with Gasteiger partial charge in [-0.1, -0.05) is 6.07 Å². The van der Waals surface area contributed by atoms with Gasteiger partial charge in [-0.15, -0.1) is 0 Å². The molecule has 2 rings (SSSR count). The van der Waals surface area contributed by atoms with Gasteiger partial charge in [0.1, 0.15) is 11.6 Å². The van der Waals surface area contributed by atoms with E-state index in [1.165, 1.54) is 18.4 Å². The second-order valence-electron chi connectivity index (χ2n) is 3.44. The molecule has 17 heavy (non-hydrogen) atoms. The summed E-state index contributed by atoms with van der Waals surface area (Å²) in [6.07, 6.45) is 1.09. The highest BCUT2D eigenvalue weighted by molar-refractivity contribution is 6.32. The van der Waals surface area contributed by atoms with Crippen molar-refractivity contribution in [1.82, 2.24) is 0 Å². The minimum absolute atomic E-state index is 0.0301. The fourth-order valence-corrected chi connectivity index (χ4v) is 1.65. The number of carbonyl (C=O) groups is 1. The van der Waals surface area contributed by atoms with Crippen molar-refractivity contribution in [1.29, 1.82) is 0 Å². The number of hydrogen-bond acceptors (Lipinski definition) is 2. The van der Waals surface area contributed by atoms with Gasteiger partial charge in [-0.2, -0.15) is 0 Å². The molecular formula is C12H7ClF2O2. The van der Waals surface area contributed by atoms with Crippen molar-refractivity contribution in [2.24, 2.45) is 0 Å². The molecule has 0 amide bonds. The summed E-state index contributed by atoms with van der Waals surface area (Å²) in [4.78, 5) is 11.7. The fourth-order valence-electron chi connectivity index (χ4n) is 1.43. The summed E-state index contributed by atoms with van der Waals surface area (Å²) >= 11 is 5.62. The molecule has 1 heterocycles. The van der Waals surface area contributed by atoms with Crippen molar-refractivity contribution >= 4 is 17.4 Å². The quantitative estimate of drug-likeness (QED) is 0.785. The van der Waals surface area contributed by atoms with Crippen molar-refractivity contribution < 1.29 is 18.0 Å².